The van der Waals surface area contributed by atoms with Crippen LogP contribution in [0.5, 0.6) is 0 Å². The van der Waals surface area contributed by atoms with Crippen molar-refractivity contribution in [1.29, 1.82) is 0 Å². The maximum atomic E-state index is 12.1. The molecule has 0 aromatic heterocycles. The van der Waals surface area contributed by atoms with Gasteiger partial charge in [0.05, 0.1) is 18.8 Å². The average Bonchev–Trinajstić information content (AvgIpc) is 3.40. The minimum atomic E-state index is -0.918. The molecule has 1 aliphatic heterocycles. The summed E-state index contributed by atoms with van der Waals surface area (Å²) < 4.78 is 12.1. The fourth-order valence-corrected chi connectivity index (χ4v) is 9.69. The number of fused-ring (bicyclic) bond motifs is 4. The summed E-state index contributed by atoms with van der Waals surface area (Å²) in [5, 5.41) is 33.7. The molecule has 0 aromatic rings. The molecule has 6 rings (SSSR count). The molecule has 1 spiro atoms. The zero-order valence-electron chi connectivity index (χ0n) is 21.7. The van der Waals surface area contributed by atoms with Gasteiger partial charge in [0.1, 0.15) is 5.60 Å². The van der Waals surface area contributed by atoms with Crippen molar-refractivity contribution in [1.82, 2.24) is 0 Å². The van der Waals surface area contributed by atoms with Crippen LogP contribution < -0.4 is 0 Å². The number of hydrogen-bond acceptors (Lipinski definition) is 5. The first-order chi connectivity index (χ1) is 16.8. The predicted molar refractivity (Wildman–Crippen MR) is 133 cm³/mol. The fraction of sp³-hybridized carbons (Fsp3) is 0.867. The number of ether oxygens (including phenoxy) is 2. The molecule has 5 heteroatoms. The first-order valence-electron chi connectivity index (χ1n) is 14.3. The van der Waals surface area contributed by atoms with Crippen LogP contribution >= 0.6 is 0 Å². The van der Waals surface area contributed by atoms with Crippen LogP contribution in [0.4, 0.5) is 0 Å². The second-order valence-corrected chi connectivity index (χ2v) is 13.0. The molecular formula is C30H44O5. The minimum absolute atomic E-state index is 0.216. The van der Waals surface area contributed by atoms with Gasteiger partial charge in [0.15, 0.2) is 5.79 Å². The zero-order valence-corrected chi connectivity index (χ0v) is 21.7. The van der Waals surface area contributed by atoms with Gasteiger partial charge in [0.2, 0.25) is 0 Å². The number of aliphatic hydroxyl groups excluding tert-OH is 1. The lowest BCUT2D eigenvalue weighted by Gasteiger charge is -2.58. The molecule has 1 saturated heterocycles. The Morgan fingerprint density at radius 2 is 1.69 bits per heavy atom. The molecular weight excluding hydrogens is 440 g/mol. The standard InChI is InChI=1S/C30H44O5/c1-3-11-29(33)13-9-24-22-8-12-28(32)19-30(34-15-16-35-30)14-10-25(28)26(22)23(17-27(24,29)2)21-6-4-20(18-31)5-7-21/h20-24,31-33H,4-10,12-19H2,1-2H3/t20?,21?,22?,23-,24?,27+,28-,29+/m1/s1. The van der Waals surface area contributed by atoms with Gasteiger partial charge in [-0.15, -0.1) is 5.92 Å². The van der Waals surface area contributed by atoms with E-state index in [0.29, 0.717) is 55.8 Å². The van der Waals surface area contributed by atoms with Crippen LogP contribution in [-0.4, -0.2) is 52.1 Å². The summed E-state index contributed by atoms with van der Waals surface area (Å²) >= 11 is 0. The monoisotopic (exact) mass is 484 g/mol. The first-order valence-corrected chi connectivity index (χ1v) is 14.3. The van der Waals surface area contributed by atoms with Crippen LogP contribution in [0.1, 0.15) is 90.9 Å². The van der Waals surface area contributed by atoms with Crippen LogP contribution in [0, 0.1) is 46.8 Å². The summed E-state index contributed by atoms with van der Waals surface area (Å²) in [6.07, 6.45) is 11.1. The zero-order chi connectivity index (χ0) is 24.5. The highest BCUT2D eigenvalue weighted by Crippen LogP contribution is 2.67. The van der Waals surface area contributed by atoms with Crippen molar-refractivity contribution in [3.05, 3.63) is 11.1 Å². The van der Waals surface area contributed by atoms with Gasteiger partial charge in [0.25, 0.3) is 0 Å². The van der Waals surface area contributed by atoms with E-state index in [1.807, 2.05) is 6.92 Å². The Balaban J connectivity index is 1.42. The van der Waals surface area contributed by atoms with E-state index in [0.717, 1.165) is 70.6 Å². The van der Waals surface area contributed by atoms with E-state index in [1.54, 1.807) is 5.57 Å². The van der Waals surface area contributed by atoms with Gasteiger partial charge in [-0.25, -0.2) is 0 Å². The Hall–Kier alpha value is -0.900. The van der Waals surface area contributed by atoms with E-state index in [2.05, 4.69) is 18.8 Å². The van der Waals surface area contributed by atoms with Crippen molar-refractivity contribution < 1.29 is 24.8 Å². The summed E-state index contributed by atoms with van der Waals surface area (Å²) in [6.45, 7) is 5.71. The normalized spacial score (nSPS) is 48.7. The highest BCUT2D eigenvalue weighted by molar-refractivity contribution is 5.39. The smallest absolute Gasteiger partial charge is 0.171 e. The van der Waals surface area contributed by atoms with Gasteiger partial charge in [0, 0.05) is 24.9 Å². The number of aliphatic hydroxyl groups is 3. The summed E-state index contributed by atoms with van der Waals surface area (Å²) in [4.78, 5) is 0. The molecule has 4 saturated carbocycles. The Bertz CT molecular complexity index is 932. The van der Waals surface area contributed by atoms with E-state index in [1.165, 1.54) is 5.57 Å². The second-order valence-electron chi connectivity index (χ2n) is 13.0. The van der Waals surface area contributed by atoms with E-state index in [4.69, 9.17) is 9.47 Å². The molecule has 6 aliphatic rings. The molecule has 0 bridgehead atoms. The van der Waals surface area contributed by atoms with Gasteiger partial charge in [-0.1, -0.05) is 18.4 Å². The summed E-state index contributed by atoms with van der Waals surface area (Å²) in [5.74, 6) is 7.93. The van der Waals surface area contributed by atoms with Gasteiger partial charge in [-0.3, -0.25) is 0 Å². The third kappa shape index (κ3) is 3.62. The summed E-state index contributed by atoms with van der Waals surface area (Å²) in [5.41, 5.74) is 0.883. The lowest BCUT2D eigenvalue weighted by atomic mass is 9.48. The summed E-state index contributed by atoms with van der Waals surface area (Å²) in [6, 6.07) is 0. The van der Waals surface area contributed by atoms with Gasteiger partial charge < -0.3 is 24.8 Å². The molecule has 35 heavy (non-hydrogen) atoms. The van der Waals surface area contributed by atoms with E-state index in [-0.39, 0.29) is 5.41 Å². The Morgan fingerprint density at radius 1 is 0.943 bits per heavy atom. The van der Waals surface area contributed by atoms with Crippen LogP contribution in [-0.2, 0) is 9.47 Å². The quantitative estimate of drug-likeness (QED) is 0.401. The van der Waals surface area contributed by atoms with Crippen molar-refractivity contribution >= 4 is 0 Å². The fourth-order valence-electron chi connectivity index (χ4n) is 9.69. The molecule has 194 valence electrons. The molecule has 0 radical (unpaired) electrons. The number of hydrogen-bond donors (Lipinski definition) is 3. The molecule has 3 N–H and O–H groups in total. The second kappa shape index (κ2) is 8.57. The Labute approximate surface area is 210 Å². The molecule has 5 nitrogen and oxygen atoms in total. The summed E-state index contributed by atoms with van der Waals surface area (Å²) in [7, 11) is 0. The van der Waals surface area contributed by atoms with Crippen molar-refractivity contribution in [2.24, 2.45) is 35.0 Å². The van der Waals surface area contributed by atoms with Crippen molar-refractivity contribution in [2.45, 2.75) is 108 Å². The lowest BCUT2D eigenvalue weighted by Crippen LogP contribution is -2.56. The molecule has 2 unspecified atom stereocenters. The third-order valence-electron chi connectivity index (χ3n) is 11.5. The third-order valence-corrected chi connectivity index (χ3v) is 11.5. The molecule has 0 aromatic carbocycles. The van der Waals surface area contributed by atoms with Gasteiger partial charge in [-0.2, -0.15) is 0 Å². The Morgan fingerprint density at radius 3 is 2.37 bits per heavy atom. The van der Waals surface area contributed by atoms with E-state index < -0.39 is 17.0 Å². The molecule has 1 heterocycles. The maximum absolute atomic E-state index is 12.1. The van der Waals surface area contributed by atoms with Crippen LogP contribution in [0.25, 0.3) is 0 Å². The highest BCUT2D eigenvalue weighted by atomic mass is 16.7. The number of rotatable bonds is 2. The SMILES string of the molecule is CC#C[C@]1(O)CCC2C3CC[C@@]4(O)CC5(CCC4=C3[C@@H](C3CCC(CO)CC3)C[C@@]21C)OCCO5. The van der Waals surface area contributed by atoms with E-state index in [9.17, 15) is 15.3 Å². The van der Waals surface area contributed by atoms with Crippen molar-refractivity contribution in [2.75, 3.05) is 19.8 Å². The van der Waals surface area contributed by atoms with Crippen LogP contribution in [0.3, 0.4) is 0 Å². The minimum Gasteiger partial charge on any atom is -0.396 e. The molecule has 5 aliphatic carbocycles. The molecule has 6 atom stereocenters. The van der Waals surface area contributed by atoms with Crippen molar-refractivity contribution in [3.63, 3.8) is 0 Å². The Kier molecular flexibility index (Phi) is 5.98. The number of allylic oxidation sites excluding steroid dienone is 1. The average molecular weight is 485 g/mol. The first kappa shape index (κ1) is 24.4. The topological polar surface area (TPSA) is 79.2 Å². The van der Waals surface area contributed by atoms with E-state index >= 15 is 0 Å². The molecule has 5 fully saturated rings. The van der Waals surface area contributed by atoms with Gasteiger partial charge in [-0.05, 0) is 106 Å². The van der Waals surface area contributed by atoms with Crippen LogP contribution in [0.2, 0.25) is 0 Å². The van der Waals surface area contributed by atoms with Crippen molar-refractivity contribution in [3.8, 4) is 11.8 Å². The van der Waals surface area contributed by atoms with Gasteiger partial charge >= 0.3 is 0 Å². The van der Waals surface area contributed by atoms with Crippen LogP contribution in [0.15, 0.2) is 11.1 Å². The maximum Gasteiger partial charge on any atom is 0.171 e. The largest absolute Gasteiger partial charge is 0.396 e. The molecule has 0 amide bonds. The lowest BCUT2D eigenvalue weighted by molar-refractivity contribution is -0.208. The highest BCUT2D eigenvalue weighted by Gasteiger charge is 2.65. The predicted octanol–water partition coefficient (Wildman–Crippen LogP) is 4.34.